The van der Waals surface area contributed by atoms with Gasteiger partial charge in [0.1, 0.15) is 11.9 Å². The summed E-state index contributed by atoms with van der Waals surface area (Å²) in [6.45, 7) is 13.3. The number of esters is 1. The monoisotopic (exact) mass is 448 g/mol. The molecule has 3 saturated carbocycles. The Morgan fingerprint density at radius 3 is 2.44 bits per heavy atom. The number of carbonyl (C=O) groups is 2. The van der Waals surface area contributed by atoms with Gasteiger partial charge in [-0.2, -0.15) is 0 Å². The number of hydrogen-bond acceptors (Lipinski definition) is 4. The molecular weight excluding hydrogens is 400 g/mol. The molecule has 0 aromatic carbocycles. The maximum absolute atomic E-state index is 14.0. The van der Waals surface area contributed by atoms with E-state index in [1.807, 2.05) is 0 Å². The quantitative estimate of drug-likeness (QED) is 0.450. The summed E-state index contributed by atoms with van der Waals surface area (Å²) in [5.41, 5.74) is -0.231. The number of fused-ring (bicyclic) bond motifs is 1. The lowest BCUT2D eigenvalue weighted by Crippen LogP contribution is -2.52. The first kappa shape index (κ1) is 25.7. The molecule has 0 spiro atoms. The molecule has 0 heterocycles. The Kier molecular flexibility index (Phi) is 8.16. The van der Waals surface area contributed by atoms with E-state index in [1.54, 1.807) is 0 Å². The van der Waals surface area contributed by atoms with Crippen LogP contribution >= 0.6 is 0 Å². The largest absolute Gasteiger partial charge is 0.463 e. The van der Waals surface area contributed by atoms with Gasteiger partial charge in [0.05, 0.1) is 0 Å². The molecule has 8 atom stereocenters. The first-order valence-electron chi connectivity index (χ1n) is 13.3. The molecule has 3 aliphatic carbocycles. The summed E-state index contributed by atoms with van der Waals surface area (Å²) in [5.74, 6) is 3.06. The topological polar surface area (TPSA) is 63.6 Å². The van der Waals surface area contributed by atoms with Crippen molar-refractivity contribution in [1.29, 1.82) is 0 Å². The molecule has 0 radical (unpaired) electrons. The molecule has 3 aliphatic rings. The number of ether oxygens (including phenoxy) is 1. The molecule has 2 unspecified atom stereocenters. The van der Waals surface area contributed by atoms with Crippen molar-refractivity contribution in [2.24, 2.45) is 46.3 Å². The summed E-state index contributed by atoms with van der Waals surface area (Å²) >= 11 is 0. The van der Waals surface area contributed by atoms with Crippen LogP contribution in [-0.2, 0) is 14.3 Å². The highest BCUT2D eigenvalue weighted by Crippen LogP contribution is 2.60. The van der Waals surface area contributed by atoms with Crippen molar-refractivity contribution in [1.82, 2.24) is 0 Å². The van der Waals surface area contributed by atoms with Crippen LogP contribution in [0.4, 0.5) is 0 Å². The zero-order chi connectivity index (χ0) is 23.7. The van der Waals surface area contributed by atoms with Gasteiger partial charge >= 0.3 is 5.97 Å². The molecule has 184 valence electrons. The molecule has 3 fully saturated rings. The van der Waals surface area contributed by atoms with E-state index >= 15 is 0 Å². The average molecular weight is 449 g/mol. The van der Waals surface area contributed by atoms with E-state index in [4.69, 9.17) is 4.74 Å². The fourth-order valence-electron chi connectivity index (χ4n) is 8.08. The van der Waals surface area contributed by atoms with Crippen molar-refractivity contribution in [2.45, 2.75) is 112 Å². The second-order valence-corrected chi connectivity index (χ2v) is 12.4. The first-order chi connectivity index (χ1) is 15.0. The van der Waals surface area contributed by atoms with E-state index in [0.29, 0.717) is 29.5 Å². The van der Waals surface area contributed by atoms with Gasteiger partial charge in [-0.05, 0) is 86.4 Å². The summed E-state index contributed by atoms with van der Waals surface area (Å²) in [7, 11) is 0. The van der Waals surface area contributed by atoms with E-state index in [1.165, 1.54) is 26.2 Å². The highest BCUT2D eigenvalue weighted by molar-refractivity contribution is 5.88. The third-order valence-electron chi connectivity index (χ3n) is 10.00. The van der Waals surface area contributed by atoms with Crippen LogP contribution < -0.4 is 0 Å². The zero-order valence-electron chi connectivity index (χ0n) is 21.5. The lowest BCUT2D eigenvalue weighted by molar-refractivity contribution is -0.158. The van der Waals surface area contributed by atoms with Gasteiger partial charge in [-0.25, -0.2) is 0 Å². The normalized spacial score (nSPS) is 40.9. The van der Waals surface area contributed by atoms with Gasteiger partial charge in [-0.1, -0.05) is 47.5 Å². The van der Waals surface area contributed by atoms with Gasteiger partial charge in [-0.15, -0.1) is 0 Å². The number of ketones is 1. The molecule has 0 aromatic rings. The Labute approximate surface area is 196 Å². The lowest BCUT2D eigenvalue weighted by Gasteiger charge is -2.51. The molecule has 0 amide bonds. The smallest absolute Gasteiger partial charge is 0.302 e. The minimum absolute atomic E-state index is 0.0211. The van der Waals surface area contributed by atoms with Gasteiger partial charge in [0.25, 0.3) is 0 Å². The molecule has 0 aromatic heterocycles. The molecular formula is C28H48O4. The van der Waals surface area contributed by atoms with Crippen LogP contribution in [0.15, 0.2) is 0 Å². The van der Waals surface area contributed by atoms with E-state index in [2.05, 4.69) is 34.6 Å². The van der Waals surface area contributed by atoms with Crippen LogP contribution in [0.5, 0.6) is 0 Å². The first-order valence-corrected chi connectivity index (χ1v) is 13.3. The Bertz CT molecular complexity index is 672. The van der Waals surface area contributed by atoms with Crippen LogP contribution in [0.2, 0.25) is 0 Å². The third kappa shape index (κ3) is 4.95. The minimum Gasteiger partial charge on any atom is -0.463 e. The Hall–Kier alpha value is -0.900. The summed E-state index contributed by atoms with van der Waals surface area (Å²) in [4.78, 5) is 25.4. The van der Waals surface area contributed by atoms with Crippen LogP contribution in [0.25, 0.3) is 0 Å². The lowest BCUT2D eigenvalue weighted by atomic mass is 9.52. The molecule has 32 heavy (non-hydrogen) atoms. The number of hydrogen-bond donors (Lipinski definition) is 1. The van der Waals surface area contributed by atoms with E-state index in [0.717, 1.165) is 50.9 Å². The predicted molar refractivity (Wildman–Crippen MR) is 128 cm³/mol. The maximum atomic E-state index is 14.0. The molecule has 4 nitrogen and oxygen atoms in total. The Balaban J connectivity index is 1.76. The van der Waals surface area contributed by atoms with Gasteiger partial charge in [0, 0.05) is 24.9 Å². The van der Waals surface area contributed by atoms with Gasteiger partial charge in [-0.3, -0.25) is 9.59 Å². The number of Topliss-reactive ketones (excluding diaryl/α,β-unsaturated/α-hetero) is 1. The second-order valence-electron chi connectivity index (χ2n) is 12.4. The molecule has 3 rings (SSSR count). The van der Waals surface area contributed by atoms with E-state index < -0.39 is 0 Å². The van der Waals surface area contributed by atoms with Crippen molar-refractivity contribution in [2.75, 3.05) is 6.61 Å². The minimum atomic E-state index is -0.277. The summed E-state index contributed by atoms with van der Waals surface area (Å²) in [5, 5.41) is 10.0. The molecule has 0 aliphatic heterocycles. The predicted octanol–water partition coefficient (Wildman–Crippen LogP) is 6.19. The van der Waals surface area contributed by atoms with Crippen LogP contribution in [-0.4, -0.2) is 29.6 Å². The van der Waals surface area contributed by atoms with Crippen molar-refractivity contribution < 1.29 is 19.4 Å². The second kappa shape index (κ2) is 10.2. The number of carbonyl (C=O) groups excluding carboxylic acids is 2. The Morgan fingerprint density at radius 2 is 1.81 bits per heavy atom. The van der Waals surface area contributed by atoms with Crippen molar-refractivity contribution in [3.8, 4) is 0 Å². The summed E-state index contributed by atoms with van der Waals surface area (Å²) < 4.78 is 5.51. The molecule has 0 saturated heterocycles. The summed E-state index contributed by atoms with van der Waals surface area (Å²) in [6, 6.07) is 0. The van der Waals surface area contributed by atoms with Gasteiger partial charge < -0.3 is 9.84 Å². The Morgan fingerprint density at radius 1 is 1.09 bits per heavy atom. The SMILES string of the molecule is CC(=O)O[C@H]1CC[C@]2(C)C(=O)C(C3CC[C@H]([C@H](C)CCC(C)C)[C@@]3(C)CCO)CC[C@H]2C1. The zero-order valence-corrected chi connectivity index (χ0v) is 21.5. The average Bonchev–Trinajstić information content (AvgIpc) is 3.04. The molecule has 1 N–H and O–H groups in total. The fourth-order valence-corrected chi connectivity index (χ4v) is 8.08. The van der Waals surface area contributed by atoms with Gasteiger partial charge in [0.2, 0.25) is 0 Å². The van der Waals surface area contributed by atoms with Crippen molar-refractivity contribution >= 4 is 11.8 Å². The standard InChI is InChI=1S/C28H48O4/c1-18(2)7-8-19(3)24-11-12-25(28(24,6)15-16-29)23-10-9-21-17-22(32-20(4)30)13-14-27(21,5)26(23)31/h18-19,21-25,29H,7-17H2,1-6H3/t19-,21+,22+,23?,24-,25?,27+,28-/m1/s1. The van der Waals surface area contributed by atoms with Crippen LogP contribution in [0.3, 0.4) is 0 Å². The highest BCUT2D eigenvalue weighted by Gasteiger charge is 2.57. The number of aliphatic hydroxyl groups is 1. The summed E-state index contributed by atoms with van der Waals surface area (Å²) in [6.07, 6.45) is 10.1. The molecule has 0 bridgehead atoms. The van der Waals surface area contributed by atoms with E-state index in [9.17, 15) is 14.7 Å². The van der Waals surface area contributed by atoms with Gasteiger partial charge in [0.15, 0.2) is 0 Å². The fraction of sp³-hybridized carbons (Fsp3) is 0.929. The number of rotatable bonds is 8. The maximum Gasteiger partial charge on any atom is 0.302 e. The van der Waals surface area contributed by atoms with Crippen molar-refractivity contribution in [3.05, 3.63) is 0 Å². The van der Waals surface area contributed by atoms with Crippen LogP contribution in [0, 0.1) is 46.3 Å². The van der Waals surface area contributed by atoms with Crippen LogP contribution in [0.1, 0.15) is 106 Å². The number of aliphatic hydroxyl groups excluding tert-OH is 1. The molecule has 4 heteroatoms. The third-order valence-corrected chi connectivity index (χ3v) is 10.00. The highest BCUT2D eigenvalue weighted by atomic mass is 16.5. The van der Waals surface area contributed by atoms with Crippen molar-refractivity contribution in [3.63, 3.8) is 0 Å². The van der Waals surface area contributed by atoms with E-state index in [-0.39, 0.29) is 35.4 Å².